The topological polar surface area (TPSA) is 23.6 Å². The van der Waals surface area contributed by atoms with E-state index in [1.165, 1.54) is 6.42 Å². The van der Waals surface area contributed by atoms with Crippen molar-refractivity contribution in [3.05, 3.63) is 29.8 Å². The van der Waals surface area contributed by atoms with E-state index in [4.69, 9.17) is 0 Å². The zero-order valence-electron chi connectivity index (χ0n) is 11.6. The number of piperidine rings is 1. The Morgan fingerprint density at radius 2 is 2.05 bits per heavy atom. The molecular formula is C15H21BrN2O. The second-order valence-corrected chi connectivity index (χ2v) is 6.00. The zero-order chi connectivity index (χ0) is 13.8. The fraction of sp³-hybridized carbons (Fsp3) is 0.533. The highest BCUT2D eigenvalue weighted by Crippen LogP contribution is 2.21. The lowest BCUT2D eigenvalue weighted by Crippen LogP contribution is -2.40. The molecule has 0 aromatic heterocycles. The molecule has 1 fully saturated rings. The van der Waals surface area contributed by atoms with Gasteiger partial charge in [0.05, 0.1) is 0 Å². The normalized spacial score (nSPS) is 19.3. The molecule has 1 amide bonds. The summed E-state index contributed by atoms with van der Waals surface area (Å²) in [7, 11) is 4.00. The van der Waals surface area contributed by atoms with Gasteiger partial charge in [0.15, 0.2) is 0 Å². The number of anilines is 1. The van der Waals surface area contributed by atoms with Crippen LogP contribution in [0.25, 0.3) is 0 Å². The molecule has 4 heteroatoms. The van der Waals surface area contributed by atoms with Gasteiger partial charge in [0.25, 0.3) is 5.91 Å². The maximum atomic E-state index is 12.4. The molecule has 0 saturated carbocycles. The van der Waals surface area contributed by atoms with Gasteiger partial charge < -0.3 is 9.80 Å². The lowest BCUT2D eigenvalue weighted by atomic mass is 9.99. The molecule has 1 atom stereocenters. The standard InChI is InChI=1S/C15H21BrN2O/c1-17(2)14-7-5-13(6-8-14)15(19)18-9-3-4-12(10-16)11-18/h5-8,12H,3-4,9-11H2,1-2H3. The number of carbonyl (C=O) groups excluding carboxylic acids is 1. The van der Waals surface area contributed by atoms with E-state index in [-0.39, 0.29) is 5.91 Å². The number of nitrogens with zero attached hydrogens (tertiary/aromatic N) is 2. The Labute approximate surface area is 123 Å². The summed E-state index contributed by atoms with van der Waals surface area (Å²) >= 11 is 3.53. The van der Waals surface area contributed by atoms with Gasteiger partial charge in [-0.05, 0) is 43.0 Å². The third-order valence-electron chi connectivity index (χ3n) is 3.66. The minimum Gasteiger partial charge on any atom is -0.378 e. The van der Waals surface area contributed by atoms with Crippen LogP contribution in [0.2, 0.25) is 0 Å². The monoisotopic (exact) mass is 324 g/mol. The van der Waals surface area contributed by atoms with Crippen LogP contribution in [0.15, 0.2) is 24.3 Å². The largest absolute Gasteiger partial charge is 0.378 e. The molecule has 1 heterocycles. The first-order valence-electron chi connectivity index (χ1n) is 6.74. The van der Waals surface area contributed by atoms with Crippen molar-refractivity contribution in [2.75, 3.05) is 37.4 Å². The van der Waals surface area contributed by atoms with Crippen LogP contribution in [-0.2, 0) is 0 Å². The van der Waals surface area contributed by atoms with Crippen molar-refractivity contribution in [1.29, 1.82) is 0 Å². The second kappa shape index (κ2) is 6.42. The molecule has 1 saturated heterocycles. The lowest BCUT2D eigenvalue weighted by molar-refractivity contribution is 0.0686. The van der Waals surface area contributed by atoms with Crippen LogP contribution in [0, 0.1) is 5.92 Å². The molecule has 1 unspecified atom stereocenters. The van der Waals surface area contributed by atoms with Gasteiger partial charge in [0, 0.05) is 43.8 Å². The molecule has 1 aliphatic heterocycles. The zero-order valence-corrected chi connectivity index (χ0v) is 13.2. The Morgan fingerprint density at radius 1 is 1.37 bits per heavy atom. The fourth-order valence-electron chi connectivity index (χ4n) is 2.46. The van der Waals surface area contributed by atoms with Gasteiger partial charge in [-0.15, -0.1) is 0 Å². The van der Waals surface area contributed by atoms with E-state index in [0.717, 1.165) is 36.1 Å². The third kappa shape index (κ3) is 3.50. The van der Waals surface area contributed by atoms with Crippen LogP contribution in [0.5, 0.6) is 0 Å². The smallest absolute Gasteiger partial charge is 0.253 e. The first-order valence-corrected chi connectivity index (χ1v) is 7.86. The number of halogens is 1. The number of amides is 1. The molecule has 1 aromatic rings. The molecule has 0 bridgehead atoms. The van der Waals surface area contributed by atoms with Gasteiger partial charge >= 0.3 is 0 Å². The van der Waals surface area contributed by atoms with Crippen molar-refractivity contribution in [1.82, 2.24) is 4.90 Å². The quantitative estimate of drug-likeness (QED) is 0.798. The van der Waals surface area contributed by atoms with E-state index in [1.807, 2.05) is 48.2 Å². The Kier molecular flexibility index (Phi) is 4.86. The maximum Gasteiger partial charge on any atom is 0.253 e. The van der Waals surface area contributed by atoms with Crippen molar-refractivity contribution in [2.45, 2.75) is 12.8 Å². The second-order valence-electron chi connectivity index (χ2n) is 5.36. The molecule has 0 N–H and O–H groups in total. The van der Waals surface area contributed by atoms with Gasteiger partial charge in [-0.2, -0.15) is 0 Å². The summed E-state index contributed by atoms with van der Waals surface area (Å²) in [5.74, 6) is 0.759. The van der Waals surface area contributed by atoms with Gasteiger partial charge in [0.2, 0.25) is 0 Å². The van der Waals surface area contributed by atoms with E-state index >= 15 is 0 Å². The number of hydrogen-bond acceptors (Lipinski definition) is 2. The molecule has 0 radical (unpaired) electrons. The molecule has 1 aromatic carbocycles. The van der Waals surface area contributed by atoms with Gasteiger partial charge in [-0.1, -0.05) is 15.9 Å². The number of alkyl halides is 1. The summed E-state index contributed by atoms with van der Waals surface area (Å²) in [5.41, 5.74) is 1.91. The van der Waals surface area contributed by atoms with Crippen LogP contribution < -0.4 is 4.90 Å². The van der Waals surface area contributed by atoms with E-state index in [1.54, 1.807) is 0 Å². The Bertz CT molecular complexity index is 430. The predicted octanol–water partition coefficient (Wildman–Crippen LogP) is 3.00. The van der Waals surface area contributed by atoms with Crippen molar-refractivity contribution >= 4 is 27.5 Å². The molecule has 1 aliphatic rings. The molecule has 2 rings (SSSR count). The highest BCUT2D eigenvalue weighted by molar-refractivity contribution is 9.09. The summed E-state index contributed by atoms with van der Waals surface area (Å²) in [5, 5.41) is 0.982. The van der Waals surface area contributed by atoms with Crippen LogP contribution >= 0.6 is 15.9 Å². The minimum atomic E-state index is 0.163. The molecular weight excluding hydrogens is 304 g/mol. The van der Waals surface area contributed by atoms with Gasteiger partial charge in [-0.25, -0.2) is 0 Å². The number of carbonyl (C=O) groups is 1. The number of likely N-dealkylation sites (tertiary alicyclic amines) is 1. The first-order chi connectivity index (χ1) is 9.11. The molecule has 0 aliphatic carbocycles. The van der Waals surface area contributed by atoms with Crippen molar-refractivity contribution < 1.29 is 4.79 Å². The predicted molar refractivity (Wildman–Crippen MR) is 83.2 cm³/mol. The van der Waals surface area contributed by atoms with Gasteiger partial charge in [0.1, 0.15) is 0 Å². The summed E-state index contributed by atoms with van der Waals surface area (Å²) in [6, 6.07) is 7.85. The Morgan fingerprint density at radius 3 is 2.63 bits per heavy atom. The minimum absolute atomic E-state index is 0.163. The Balaban J connectivity index is 2.06. The van der Waals surface area contributed by atoms with Crippen LogP contribution in [0.4, 0.5) is 5.69 Å². The van der Waals surface area contributed by atoms with Gasteiger partial charge in [-0.3, -0.25) is 4.79 Å². The SMILES string of the molecule is CN(C)c1ccc(C(=O)N2CCCC(CBr)C2)cc1. The molecule has 19 heavy (non-hydrogen) atoms. The summed E-state index contributed by atoms with van der Waals surface area (Å²) in [6.07, 6.45) is 2.33. The van der Waals surface area contributed by atoms with Crippen LogP contribution in [0.3, 0.4) is 0 Å². The van der Waals surface area contributed by atoms with Crippen molar-refractivity contribution in [3.8, 4) is 0 Å². The number of hydrogen-bond donors (Lipinski definition) is 0. The Hall–Kier alpha value is -1.03. The maximum absolute atomic E-state index is 12.4. The number of benzene rings is 1. The lowest BCUT2D eigenvalue weighted by Gasteiger charge is -2.32. The van der Waals surface area contributed by atoms with Crippen LogP contribution in [0.1, 0.15) is 23.2 Å². The average Bonchev–Trinajstić information content (AvgIpc) is 2.46. The van der Waals surface area contributed by atoms with Crippen LogP contribution in [-0.4, -0.2) is 43.3 Å². The molecule has 0 spiro atoms. The van der Waals surface area contributed by atoms with E-state index in [9.17, 15) is 4.79 Å². The molecule has 3 nitrogen and oxygen atoms in total. The fourth-order valence-corrected chi connectivity index (χ4v) is 2.99. The summed E-state index contributed by atoms with van der Waals surface area (Å²) in [4.78, 5) is 16.5. The highest BCUT2D eigenvalue weighted by atomic mass is 79.9. The van der Waals surface area contributed by atoms with E-state index in [0.29, 0.717) is 5.92 Å². The average molecular weight is 325 g/mol. The van der Waals surface area contributed by atoms with Crippen molar-refractivity contribution in [2.24, 2.45) is 5.92 Å². The third-order valence-corrected chi connectivity index (χ3v) is 4.57. The van der Waals surface area contributed by atoms with Crippen molar-refractivity contribution in [3.63, 3.8) is 0 Å². The highest BCUT2D eigenvalue weighted by Gasteiger charge is 2.23. The summed E-state index contributed by atoms with van der Waals surface area (Å²) in [6.45, 7) is 1.76. The number of rotatable bonds is 3. The first kappa shape index (κ1) is 14.4. The van der Waals surface area contributed by atoms with E-state index < -0.39 is 0 Å². The molecule has 104 valence electrons. The summed E-state index contributed by atoms with van der Waals surface area (Å²) < 4.78 is 0. The van der Waals surface area contributed by atoms with E-state index in [2.05, 4.69) is 15.9 Å².